The summed E-state index contributed by atoms with van der Waals surface area (Å²) in [6, 6.07) is 3.85. The molecule has 23 heavy (non-hydrogen) atoms. The number of pyridine rings is 1. The molecule has 10 heteroatoms. The zero-order chi connectivity index (χ0) is 16.2. The van der Waals surface area contributed by atoms with E-state index in [4.69, 9.17) is 0 Å². The van der Waals surface area contributed by atoms with Crippen LogP contribution in [0.15, 0.2) is 34.2 Å². The number of carbonyl (C=O) groups is 1. The number of nitrogens with one attached hydrogen (secondary N) is 1. The second-order valence-corrected chi connectivity index (χ2v) is 6.78. The molecule has 0 aromatic carbocycles. The van der Waals surface area contributed by atoms with Crippen LogP contribution in [-0.4, -0.2) is 41.3 Å². The lowest BCUT2D eigenvalue weighted by atomic mass is 10.4. The first-order chi connectivity index (χ1) is 11.1. The Morgan fingerprint density at radius 3 is 3.04 bits per heavy atom. The number of nitrogens with zero attached hydrogens (tertiary/aromatic N) is 6. The average Bonchev–Trinajstić information content (AvgIpc) is 3.11. The monoisotopic (exact) mass is 395 g/mol. The van der Waals surface area contributed by atoms with Gasteiger partial charge in [0.05, 0.1) is 12.2 Å². The minimum atomic E-state index is -0.0223. The predicted octanol–water partition coefficient (Wildman–Crippen LogP) is 1.42. The summed E-state index contributed by atoms with van der Waals surface area (Å²) in [4.78, 5) is 16.3. The van der Waals surface area contributed by atoms with Crippen molar-refractivity contribution >= 4 is 39.2 Å². The number of tetrazole rings is 1. The van der Waals surface area contributed by atoms with Crippen LogP contribution in [0, 0.1) is 0 Å². The molecule has 3 heterocycles. The van der Waals surface area contributed by atoms with Crippen molar-refractivity contribution in [2.75, 3.05) is 5.75 Å². The van der Waals surface area contributed by atoms with Crippen LogP contribution in [-0.2, 0) is 18.4 Å². The van der Waals surface area contributed by atoms with Crippen molar-refractivity contribution in [3.05, 3.63) is 34.7 Å². The second-order valence-electron chi connectivity index (χ2n) is 4.81. The molecule has 1 N–H and O–H groups in total. The molecule has 3 aromatic heterocycles. The SMILES string of the molecule is Cn1nnnc1SCCC(=O)NCc1cn2cc(Br)ccc2n1. The van der Waals surface area contributed by atoms with E-state index in [1.54, 1.807) is 11.7 Å². The van der Waals surface area contributed by atoms with Crippen LogP contribution in [0.4, 0.5) is 0 Å². The highest BCUT2D eigenvalue weighted by Crippen LogP contribution is 2.14. The van der Waals surface area contributed by atoms with E-state index >= 15 is 0 Å². The number of rotatable bonds is 6. The fourth-order valence-electron chi connectivity index (χ4n) is 1.96. The van der Waals surface area contributed by atoms with Crippen molar-refractivity contribution in [2.24, 2.45) is 7.05 Å². The van der Waals surface area contributed by atoms with Crippen LogP contribution in [0.25, 0.3) is 5.65 Å². The number of hydrogen-bond acceptors (Lipinski definition) is 6. The molecule has 0 radical (unpaired) electrons. The Morgan fingerprint density at radius 2 is 2.26 bits per heavy atom. The predicted molar refractivity (Wildman–Crippen MR) is 88.9 cm³/mol. The summed E-state index contributed by atoms with van der Waals surface area (Å²) in [7, 11) is 1.77. The normalized spacial score (nSPS) is 11.0. The van der Waals surface area contributed by atoms with E-state index in [9.17, 15) is 4.79 Å². The third-order valence-electron chi connectivity index (χ3n) is 3.07. The molecule has 0 saturated carbocycles. The van der Waals surface area contributed by atoms with E-state index in [-0.39, 0.29) is 5.91 Å². The number of imidazole rings is 1. The molecule has 0 bridgehead atoms. The van der Waals surface area contributed by atoms with E-state index in [1.165, 1.54) is 11.8 Å². The van der Waals surface area contributed by atoms with Gasteiger partial charge in [0.1, 0.15) is 5.65 Å². The van der Waals surface area contributed by atoms with Gasteiger partial charge >= 0.3 is 0 Å². The van der Waals surface area contributed by atoms with Crippen molar-refractivity contribution in [2.45, 2.75) is 18.1 Å². The molecule has 3 rings (SSSR count). The Bertz CT molecular complexity index is 831. The molecule has 0 saturated heterocycles. The summed E-state index contributed by atoms with van der Waals surface area (Å²) in [6.07, 6.45) is 4.23. The summed E-state index contributed by atoms with van der Waals surface area (Å²) in [5, 5.41) is 14.7. The molecule has 0 aliphatic heterocycles. The summed E-state index contributed by atoms with van der Waals surface area (Å²) >= 11 is 4.87. The molecule has 8 nitrogen and oxygen atoms in total. The average molecular weight is 396 g/mol. The summed E-state index contributed by atoms with van der Waals surface area (Å²) in [6.45, 7) is 0.411. The Kier molecular flexibility index (Phi) is 4.91. The zero-order valence-corrected chi connectivity index (χ0v) is 14.7. The summed E-state index contributed by atoms with van der Waals surface area (Å²) in [5.74, 6) is 0.601. The van der Waals surface area contributed by atoms with Crippen LogP contribution in [0.1, 0.15) is 12.1 Å². The Labute approximate surface area is 144 Å². The van der Waals surface area contributed by atoms with Gasteiger partial charge in [0, 0.05) is 36.1 Å². The first-order valence-electron chi connectivity index (χ1n) is 6.87. The number of amides is 1. The van der Waals surface area contributed by atoms with Gasteiger partial charge < -0.3 is 9.72 Å². The standard InChI is InChI=1S/C13H14BrN7OS/c1-20-13(17-18-19-20)23-5-4-12(22)15-6-10-8-21-7-9(14)2-3-11(21)16-10/h2-3,7-8H,4-6H2,1H3,(H,15,22). The molecule has 0 atom stereocenters. The molecule has 3 aromatic rings. The van der Waals surface area contributed by atoms with Gasteiger partial charge in [-0.05, 0) is 38.5 Å². The Balaban J connectivity index is 1.47. The van der Waals surface area contributed by atoms with Crippen LogP contribution < -0.4 is 5.32 Å². The van der Waals surface area contributed by atoms with Gasteiger partial charge in [0.15, 0.2) is 0 Å². The van der Waals surface area contributed by atoms with Gasteiger partial charge in [0.25, 0.3) is 0 Å². The van der Waals surface area contributed by atoms with Gasteiger partial charge in [-0.3, -0.25) is 4.79 Å². The maximum atomic E-state index is 11.9. The molecule has 0 aliphatic carbocycles. The topological polar surface area (TPSA) is 90.0 Å². The number of hydrogen-bond donors (Lipinski definition) is 1. The fourth-order valence-corrected chi connectivity index (χ4v) is 3.10. The van der Waals surface area contributed by atoms with Gasteiger partial charge in [0.2, 0.25) is 11.1 Å². The van der Waals surface area contributed by atoms with Crippen LogP contribution in [0.3, 0.4) is 0 Å². The molecule has 0 fully saturated rings. The van der Waals surface area contributed by atoms with Crippen molar-refractivity contribution in [1.82, 2.24) is 34.9 Å². The van der Waals surface area contributed by atoms with Gasteiger partial charge in [-0.2, -0.15) is 0 Å². The summed E-state index contributed by atoms with van der Waals surface area (Å²) < 4.78 is 4.48. The number of carbonyl (C=O) groups excluding carboxylic acids is 1. The van der Waals surface area contributed by atoms with Crippen LogP contribution in [0.2, 0.25) is 0 Å². The van der Waals surface area contributed by atoms with Crippen molar-refractivity contribution < 1.29 is 4.79 Å². The van der Waals surface area contributed by atoms with Crippen molar-refractivity contribution in [3.63, 3.8) is 0 Å². The molecule has 0 aliphatic rings. The lowest BCUT2D eigenvalue weighted by Crippen LogP contribution is -2.23. The fraction of sp³-hybridized carbons (Fsp3) is 0.308. The van der Waals surface area contributed by atoms with E-state index in [2.05, 4.69) is 41.8 Å². The lowest BCUT2D eigenvalue weighted by molar-refractivity contribution is -0.120. The van der Waals surface area contributed by atoms with E-state index in [1.807, 2.05) is 28.9 Å². The first kappa shape index (κ1) is 15.9. The lowest BCUT2D eigenvalue weighted by Gasteiger charge is -2.02. The van der Waals surface area contributed by atoms with E-state index in [0.29, 0.717) is 23.9 Å². The largest absolute Gasteiger partial charge is 0.350 e. The molecule has 0 unspecified atom stereocenters. The minimum absolute atomic E-state index is 0.0223. The van der Waals surface area contributed by atoms with Crippen molar-refractivity contribution in [1.29, 1.82) is 0 Å². The maximum Gasteiger partial charge on any atom is 0.221 e. The second kappa shape index (κ2) is 7.09. The minimum Gasteiger partial charge on any atom is -0.350 e. The van der Waals surface area contributed by atoms with E-state index in [0.717, 1.165) is 15.8 Å². The molecule has 120 valence electrons. The number of aromatic nitrogens is 6. The van der Waals surface area contributed by atoms with Crippen LogP contribution >= 0.6 is 27.7 Å². The van der Waals surface area contributed by atoms with Crippen molar-refractivity contribution in [3.8, 4) is 0 Å². The van der Waals surface area contributed by atoms with Gasteiger partial charge in [-0.15, -0.1) is 5.10 Å². The molecular weight excluding hydrogens is 382 g/mol. The highest BCUT2D eigenvalue weighted by Gasteiger charge is 2.07. The highest BCUT2D eigenvalue weighted by atomic mass is 79.9. The highest BCUT2D eigenvalue weighted by molar-refractivity contribution is 9.10. The molecular formula is C13H14BrN7OS. The Hall–Kier alpha value is -1.94. The number of thioether (sulfide) groups is 1. The quantitative estimate of drug-likeness (QED) is 0.634. The summed E-state index contributed by atoms with van der Waals surface area (Å²) in [5.41, 5.74) is 1.67. The smallest absolute Gasteiger partial charge is 0.221 e. The Morgan fingerprint density at radius 1 is 1.39 bits per heavy atom. The third-order valence-corrected chi connectivity index (χ3v) is 4.55. The maximum absolute atomic E-state index is 11.9. The number of aryl methyl sites for hydroxylation is 1. The number of fused-ring (bicyclic) bond motifs is 1. The molecule has 1 amide bonds. The number of halogens is 1. The van der Waals surface area contributed by atoms with Crippen LogP contribution in [0.5, 0.6) is 0 Å². The third kappa shape index (κ3) is 4.08. The zero-order valence-electron chi connectivity index (χ0n) is 12.3. The van der Waals surface area contributed by atoms with E-state index < -0.39 is 0 Å². The van der Waals surface area contributed by atoms with Gasteiger partial charge in [-0.25, -0.2) is 9.67 Å². The molecule has 0 spiro atoms. The first-order valence-corrected chi connectivity index (χ1v) is 8.64. The van der Waals surface area contributed by atoms with Gasteiger partial charge in [-0.1, -0.05) is 11.8 Å².